The number of nitrogens with zero attached hydrogens (tertiary/aromatic N) is 3. The predicted molar refractivity (Wildman–Crippen MR) is 92.4 cm³/mol. The second-order valence-electron chi connectivity index (χ2n) is 5.58. The Morgan fingerprint density at radius 1 is 1.00 bits per heavy atom. The Labute approximate surface area is 146 Å². The molecule has 1 atom stereocenters. The third-order valence-corrected chi connectivity index (χ3v) is 3.52. The number of nitriles is 1. The lowest BCUT2D eigenvalue weighted by Gasteiger charge is -2.06. The van der Waals surface area contributed by atoms with Gasteiger partial charge in [0.15, 0.2) is 0 Å². The minimum Gasteiger partial charge on any atom is -0.494 e. The first kappa shape index (κ1) is 17.1. The van der Waals surface area contributed by atoms with Crippen molar-refractivity contribution >= 4 is 11.4 Å². The summed E-state index contributed by atoms with van der Waals surface area (Å²) in [6, 6.07) is 16.5. The minimum absolute atomic E-state index is 0.312. The summed E-state index contributed by atoms with van der Waals surface area (Å²) < 4.78 is 16.2. The maximum Gasteiger partial charge on any atom is 0.119 e. The molecule has 1 fully saturated rings. The average molecular weight is 337 g/mol. The lowest BCUT2D eigenvalue weighted by Crippen LogP contribution is -2.06. The van der Waals surface area contributed by atoms with E-state index in [9.17, 15) is 0 Å². The molecule has 6 nitrogen and oxygen atoms in total. The van der Waals surface area contributed by atoms with Crippen LogP contribution in [0.25, 0.3) is 0 Å². The molecule has 1 heterocycles. The van der Waals surface area contributed by atoms with Gasteiger partial charge in [-0.05, 0) is 48.5 Å². The largest absolute Gasteiger partial charge is 0.494 e. The first-order valence-corrected chi connectivity index (χ1v) is 8.17. The molecule has 128 valence electrons. The van der Waals surface area contributed by atoms with Gasteiger partial charge in [0.05, 0.1) is 42.8 Å². The molecule has 1 saturated heterocycles. The Kier molecular flexibility index (Phi) is 6.10. The Balaban J connectivity index is 1.40. The zero-order valence-corrected chi connectivity index (χ0v) is 13.8. The molecule has 25 heavy (non-hydrogen) atoms. The van der Waals surface area contributed by atoms with E-state index in [0.717, 1.165) is 24.5 Å². The molecule has 3 rings (SSSR count). The van der Waals surface area contributed by atoms with Crippen LogP contribution in [0.1, 0.15) is 12.0 Å². The Bertz CT molecular complexity index is 732. The normalized spacial score (nSPS) is 15.9. The number of ether oxygens (including phenoxy) is 3. The summed E-state index contributed by atoms with van der Waals surface area (Å²) in [5.74, 6) is 0.794. The Hall–Kier alpha value is -2.75. The van der Waals surface area contributed by atoms with E-state index in [4.69, 9.17) is 19.5 Å². The van der Waals surface area contributed by atoms with Gasteiger partial charge in [-0.1, -0.05) is 0 Å². The summed E-state index contributed by atoms with van der Waals surface area (Å²) in [7, 11) is 0. The molecule has 0 aromatic heterocycles. The monoisotopic (exact) mass is 337 g/mol. The van der Waals surface area contributed by atoms with Crippen molar-refractivity contribution in [2.24, 2.45) is 10.2 Å². The van der Waals surface area contributed by atoms with Crippen molar-refractivity contribution < 1.29 is 14.2 Å². The van der Waals surface area contributed by atoms with Crippen molar-refractivity contribution in [1.82, 2.24) is 0 Å². The van der Waals surface area contributed by atoms with Crippen molar-refractivity contribution in [3.8, 4) is 11.8 Å². The van der Waals surface area contributed by atoms with Crippen LogP contribution in [0.5, 0.6) is 5.75 Å². The second-order valence-corrected chi connectivity index (χ2v) is 5.58. The highest BCUT2D eigenvalue weighted by molar-refractivity contribution is 5.44. The SMILES string of the molecule is N#Cc1ccc(N=Nc2ccc(OCCCOCC3CO3)cc2)cc1. The fourth-order valence-corrected chi connectivity index (χ4v) is 2.06. The lowest BCUT2D eigenvalue weighted by atomic mass is 10.2. The highest BCUT2D eigenvalue weighted by Gasteiger charge is 2.21. The van der Waals surface area contributed by atoms with E-state index in [1.54, 1.807) is 24.3 Å². The molecule has 0 bridgehead atoms. The summed E-state index contributed by atoms with van der Waals surface area (Å²) in [6.07, 6.45) is 1.15. The first-order chi connectivity index (χ1) is 12.3. The maximum atomic E-state index is 8.76. The van der Waals surface area contributed by atoms with Crippen LogP contribution in [0.2, 0.25) is 0 Å². The van der Waals surface area contributed by atoms with Crippen LogP contribution in [0.3, 0.4) is 0 Å². The van der Waals surface area contributed by atoms with Crippen LogP contribution in [0.15, 0.2) is 58.8 Å². The number of hydrogen-bond acceptors (Lipinski definition) is 6. The molecule has 2 aromatic carbocycles. The van der Waals surface area contributed by atoms with E-state index < -0.39 is 0 Å². The van der Waals surface area contributed by atoms with E-state index in [1.807, 2.05) is 24.3 Å². The minimum atomic E-state index is 0.312. The molecule has 0 N–H and O–H groups in total. The molecule has 6 heteroatoms. The number of epoxide rings is 1. The molecule has 2 aromatic rings. The lowest BCUT2D eigenvalue weighted by molar-refractivity contribution is 0.104. The number of azo groups is 1. The Morgan fingerprint density at radius 2 is 1.64 bits per heavy atom. The van der Waals surface area contributed by atoms with E-state index in [0.29, 0.717) is 37.2 Å². The first-order valence-electron chi connectivity index (χ1n) is 8.17. The van der Waals surface area contributed by atoms with Crippen molar-refractivity contribution in [3.63, 3.8) is 0 Å². The molecule has 0 radical (unpaired) electrons. The van der Waals surface area contributed by atoms with Crippen LogP contribution in [0, 0.1) is 11.3 Å². The molecule has 0 amide bonds. The average Bonchev–Trinajstić information content (AvgIpc) is 3.48. The fourth-order valence-electron chi connectivity index (χ4n) is 2.06. The molecular weight excluding hydrogens is 318 g/mol. The van der Waals surface area contributed by atoms with Gasteiger partial charge >= 0.3 is 0 Å². The van der Waals surface area contributed by atoms with Crippen LogP contribution in [0.4, 0.5) is 11.4 Å². The van der Waals surface area contributed by atoms with Gasteiger partial charge in [-0.15, -0.1) is 0 Å². The van der Waals surface area contributed by atoms with E-state index in [2.05, 4.69) is 16.3 Å². The van der Waals surface area contributed by atoms with E-state index >= 15 is 0 Å². The second kappa shape index (κ2) is 8.92. The highest BCUT2D eigenvalue weighted by atomic mass is 16.6. The molecule has 0 spiro atoms. The van der Waals surface area contributed by atoms with Crippen LogP contribution in [-0.4, -0.2) is 32.5 Å². The summed E-state index contributed by atoms with van der Waals surface area (Å²) in [6.45, 7) is 2.79. The van der Waals surface area contributed by atoms with Gasteiger partial charge in [0.2, 0.25) is 0 Å². The quantitative estimate of drug-likeness (QED) is 0.391. The topological polar surface area (TPSA) is 79.5 Å². The fraction of sp³-hybridized carbons (Fsp3) is 0.316. The molecule has 1 aliphatic heterocycles. The summed E-state index contributed by atoms with van der Waals surface area (Å²) >= 11 is 0. The number of rotatable bonds is 9. The molecular formula is C19H19N3O3. The highest BCUT2D eigenvalue weighted by Crippen LogP contribution is 2.21. The maximum absolute atomic E-state index is 8.76. The van der Waals surface area contributed by atoms with Gasteiger partial charge in [0.25, 0.3) is 0 Å². The van der Waals surface area contributed by atoms with Gasteiger partial charge in [0, 0.05) is 13.0 Å². The summed E-state index contributed by atoms with van der Waals surface area (Å²) in [5.41, 5.74) is 2.05. The van der Waals surface area contributed by atoms with Gasteiger partial charge in [0.1, 0.15) is 11.9 Å². The van der Waals surface area contributed by atoms with Crippen molar-refractivity contribution in [2.45, 2.75) is 12.5 Å². The standard InChI is InChI=1S/C19H19N3O3/c20-12-15-2-4-16(5-3-15)21-22-17-6-8-18(9-7-17)24-11-1-10-23-13-19-14-25-19/h2-9,19H,1,10-11,13-14H2. The Morgan fingerprint density at radius 3 is 2.24 bits per heavy atom. The van der Waals surface area contributed by atoms with E-state index in [1.165, 1.54) is 0 Å². The zero-order valence-electron chi connectivity index (χ0n) is 13.8. The van der Waals surface area contributed by atoms with Crippen LogP contribution < -0.4 is 4.74 Å². The third-order valence-electron chi connectivity index (χ3n) is 3.52. The predicted octanol–water partition coefficient (Wildman–Crippen LogP) is 4.16. The summed E-state index contributed by atoms with van der Waals surface area (Å²) in [4.78, 5) is 0. The smallest absolute Gasteiger partial charge is 0.119 e. The summed E-state index contributed by atoms with van der Waals surface area (Å²) in [5, 5.41) is 17.1. The molecule has 1 unspecified atom stereocenters. The van der Waals surface area contributed by atoms with Crippen LogP contribution >= 0.6 is 0 Å². The number of hydrogen-bond donors (Lipinski definition) is 0. The molecule has 1 aliphatic rings. The van der Waals surface area contributed by atoms with Gasteiger partial charge in [-0.25, -0.2) is 0 Å². The molecule has 0 aliphatic carbocycles. The third kappa shape index (κ3) is 5.99. The van der Waals surface area contributed by atoms with E-state index in [-0.39, 0.29) is 0 Å². The van der Waals surface area contributed by atoms with Crippen molar-refractivity contribution in [3.05, 3.63) is 54.1 Å². The van der Waals surface area contributed by atoms with Gasteiger partial charge in [-0.3, -0.25) is 0 Å². The van der Waals surface area contributed by atoms with Gasteiger partial charge < -0.3 is 14.2 Å². The molecule has 0 saturated carbocycles. The van der Waals surface area contributed by atoms with Gasteiger partial charge in [-0.2, -0.15) is 15.5 Å². The van der Waals surface area contributed by atoms with Crippen molar-refractivity contribution in [1.29, 1.82) is 5.26 Å². The number of benzene rings is 2. The van der Waals surface area contributed by atoms with Crippen LogP contribution in [-0.2, 0) is 9.47 Å². The zero-order chi connectivity index (χ0) is 17.3. The van der Waals surface area contributed by atoms with Crippen molar-refractivity contribution in [2.75, 3.05) is 26.4 Å².